The second-order valence-corrected chi connectivity index (χ2v) is 6.68. The third kappa shape index (κ3) is 4.84. The van der Waals surface area contributed by atoms with Crippen molar-refractivity contribution in [2.45, 2.75) is 46.3 Å². The molecule has 0 aliphatic rings. The molecule has 26 heavy (non-hydrogen) atoms. The minimum atomic E-state index is -1.33. The molecule has 1 aromatic heterocycles. The summed E-state index contributed by atoms with van der Waals surface area (Å²) < 4.78 is 10.7. The first-order valence-corrected chi connectivity index (χ1v) is 8.39. The predicted molar refractivity (Wildman–Crippen MR) is 93.7 cm³/mol. The fourth-order valence-corrected chi connectivity index (χ4v) is 2.61. The first-order chi connectivity index (χ1) is 12.2. The molecule has 140 valence electrons. The zero-order valence-electron chi connectivity index (χ0n) is 15.2. The number of hydrogen-bond acceptors (Lipinski definition) is 6. The van der Waals surface area contributed by atoms with Crippen LogP contribution in [0, 0.1) is 12.8 Å². The number of carboxylic acid groups (broad SMARTS) is 1. The van der Waals surface area contributed by atoms with Crippen molar-refractivity contribution >= 4 is 22.8 Å². The van der Waals surface area contributed by atoms with Crippen molar-refractivity contribution in [3.05, 3.63) is 40.2 Å². The second kappa shape index (κ2) is 8.03. The molecule has 7 heteroatoms. The SMILES string of the molecule is Cc1cc(=O)oc2cc(O[C@@H](C)C(=O)N[C@H](CC(C)C)C(=O)[O-])ccc12. The fraction of sp³-hybridized carbons (Fsp3) is 0.421. The highest BCUT2D eigenvalue weighted by atomic mass is 16.5. The maximum absolute atomic E-state index is 12.2. The Balaban J connectivity index is 2.12. The maximum atomic E-state index is 12.2. The largest absolute Gasteiger partial charge is 0.548 e. The van der Waals surface area contributed by atoms with Gasteiger partial charge in [0.1, 0.15) is 11.3 Å². The van der Waals surface area contributed by atoms with E-state index in [9.17, 15) is 19.5 Å². The topological polar surface area (TPSA) is 109 Å². The highest BCUT2D eigenvalue weighted by Crippen LogP contribution is 2.23. The molecule has 2 aromatic rings. The summed E-state index contributed by atoms with van der Waals surface area (Å²) in [7, 11) is 0. The van der Waals surface area contributed by atoms with E-state index in [4.69, 9.17) is 9.15 Å². The van der Waals surface area contributed by atoms with Gasteiger partial charge in [0, 0.05) is 17.5 Å². The Labute approximate surface area is 151 Å². The molecule has 0 fully saturated rings. The number of carboxylic acids is 1. The van der Waals surface area contributed by atoms with Crippen LogP contribution in [-0.4, -0.2) is 24.0 Å². The molecule has 0 radical (unpaired) electrons. The van der Waals surface area contributed by atoms with E-state index < -0.39 is 29.6 Å². The summed E-state index contributed by atoms with van der Waals surface area (Å²) in [5.74, 6) is -1.48. The summed E-state index contributed by atoms with van der Waals surface area (Å²) in [5.41, 5.74) is 0.662. The monoisotopic (exact) mass is 360 g/mol. The van der Waals surface area contributed by atoms with Gasteiger partial charge in [0.25, 0.3) is 5.91 Å². The Morgan fingerprint density at radius 1 is 1.23 bits per heavy atom. The number of nitrogens with one attached hydrogen (secondary N) is 1. The van der Waals surface area contributed by atoms with Crippen molar-refractivity contribution in [1.29, 1.82) is 0 Å². The standard InChI is InChI=1S/C19H23NO6/c1-10(2)7-15(19(23)24)20-18(22)12(4)25-13-5-6-14-11(3)8-17(21)26-16(14)9-13/h5-6,8-10,12,15H,7H2,1-4H3,(H,20,22)(H,23,24)/p-1/t12-,15+/m0/s1. The lowest BCUT2D eigenvalue weighted by atomic mass is 10.0. The molecule has 0 aliphatic carbocycles. The first-order valence-electron chi connectivity index (χ1n) is 8.39. The van der Waals surface area contributed by atoms with Gasteiger partial charge in [-0.05, 0) is 43.9 Å². The summed E-state index contributed by atoms with van der Waals surface area (Å²) in [6.07, 6.45) is -0.667. The van der Waals surface area contributed by atoms with Gasteiger partial charge in [-0.1, -0.05) is 13.8 Å². The molecule has 1 aromatic carbocycles. The van der Waals surface area contributed by atoms with Gasteiger partial charge in [0.2, 0.25) is 0 Å². The summed E-state index contributed by atoms with van der Waals surface area (Å²) in [5, 5.41) is 14.3. The fourth-order valence-electron chi connectivity index (χ4n) is 2.61. The number of fused-ring (bicyclic) bond motifs is 1. The Bertz CT molecular complexity index is 870. The van der Waals surface area contributed by atoms with Crippen LogP contribution in [0.25, 0.3) is 11.0 Å². The molecule has 2 rings (SSSR count). The molecule has 0 unspecified atom stereocenters. The molecule has 7 nitrogen and oxygen atoms in total. The van der Waals surface area contributed by atoms with Crippen molar-refractivity contribution in [2.24, 2.45) is 5.92 Å². The van der Waals surface area contributed by atoms with Gasteiger partial charge < -0.3 is 24.4 Å². The quantitative estimate of drug-likeness (QED) is 0.742. The van der Waals surface area contributed by atoms with Crippen molar-refractivity contribution in [1.82, 2.24) is 5.32 Å². The van der Waals surface area contributed by atoms with Crippen LogP contribution in [-0.2, 0) is 9.59 Å². The van der Waals surface area contributed by atoms with Crippen LogP contribution < -0.4 is 20.8 Å². The molecule has 1 N–H and O–H groups in total. The number of benzene rings is 1. The van der Waals surface area contributed by atoms with Gasteiger partial charge >= 0.3 is 5.63 Å². The average molecular weight is 360 g/mol. The summed E-state index contributed by atoms with van der Waals surface area (Å²) in [6, 6.07) is 5.23. The minimum Gasteiger partial charge on any atom is -0.548 e. The van der Waals surface area contributed by atoms with Crippen molar-refractivity contribution in [3.63, 3.8) is 0 Å². The Kier molecular flexibility index (Phi) is 6.02. The zero-order chi connectivity index (χ0) is 19.4. The molecule has 2 atom stereocenters. The van der Waals surface area contributed by atoms with Crippen LogP contribution in [0.3, 0.4) is 0 Å². The Hall–Kier alpha value is -2.83. The minimum absolute atomic E-state index is 0.0843. The van der Waals surface area contributed by atoms with E-state index in [1.54, 1.807) is 19.1 Å². The van der Waals surface area contributed by atoms with E-state index in [1.807, 2.05) is 13.8 Å². The highest BCUT2D eigenvalue weighted by molar-refractivity contribution is 5.86. The Morgan fingerprint density at radius 2 is 1.92 bits per heavy atom. The third-order valence-corrected chi connectivity index (χ3v) is 3.91. The lowest BCUT2D eigenvalue weighted by molar-refractivity contribution is -0.308. The van der Waals surface area contributed by atoms with Crippen molar-refractivity contribution in [3.8, 4) is 5.75 Å². The molecule has 0 bridgehead atoms. The molecular weight excluding hydrogens is 338 g/mol. The molecule has 0 saturated heterocycles. The van der Waals surface area contributed by atoms with Gasteiger partial charge in [-0.2, -0.15) is 0 Å². The lowest BCUT2D eigenvalue weighted by Crippen LogP contribution is -2.51. The van der Waals surface area contributed by atoms with Gasteiger partial charge in [-0.15, -0.1) is 0 Å². The number of carbonyl (C=O) groups is 2. The van der Waals surface area contributed by atoms with E-state index in [0.29, 0.717) is 11.3 Å². The maximum Gasteiger partial charge on any atom is 0.336 e. The van der Waals surface area contributed by atoms with Crippen molar-refractivity contribution < 1.29 is 23.8 Å². The van der Waals surface area contributed by atoms with Gasteiger partial charge in [0.05, 0.1) is 12.0 Å². The van der Waals surface area contributed by atoms with Crippen LogP contribution in [0.15, 0.2) is 33.5 Å². The normalized spacial score (nSPS) is 13.4. The van der Waals surface area contributed by atoms with Gasteiger partial charge in [-0.25, -0.2) is 4.79 Å². The van der Waals surface area contributed by atoms with E-state index in [1.165, 1.54) is 19.1 Å². The molecule has 0 aliphatic heterocycles. The summed E-state index contributed by atoms with van der Waals surface area (Å²) >= 11 is 0. The Morgan fingerprint density at radius 3 is 2.54 bits per heavy atom. The smallest absolute Gasteiger partial charge is 0.336 e. The lowest BCUT2D eigenvalue weighted by Gasteiger charge is -2.23. The van der Waals surface area contributed by atoms with Crippen molar-refractivity contribution in [2.75, 3.05) is 0 Å². The summed E-state index contributed by atoms with van der Waals surface area (Å²) in [6.45, 7) is 7.01. The van der Waals surface area contributed by atoms with Gasteiger partial charge in [0.15, 0.2) is 6.10 Å². The first kappa shape index (κ1) is 19.5. The molecule has 1 heterocycles. The second-order valence-electron chi connectivity index (χ2n) is 6.68. The number of rotatable bonds is 7. The highest BCUT2D eigenvalue weighted by Gasteiger charge is 2.21. The number of aliphatic carboxylic acids is 1. The number of amides is 1. The van der Waals surface area contributed by atoms with Crippen LogP contribution in [0.2, 0.25) is 0 Å². The van der Waals surface area contributed by atoms with E-state index in [-0.39, 0.29) is 12.3 Å². The number of aryl methyl sites for hydroxylation is 1. The van der Waals surface area contributed by atoms with E-state index in [2.05, 4.69) is 5.32 Å². The molecule has 0 spiro atoms. The predicted octanol–water partition coefficient (Wildman–Crippen LogP) is 1.15. The summed E-state index contributed by atoms with van der Waals surface area (Å²) in [4.78, 5) is 34.9. The van der Waals surface area contributed by atoms with Gasteiger partial charge in [-0.3, -0.25) is 4.79 Å². The molecular formula is C19H22NO6-. The number of carbonyl (C=O) groups excluding carboxylic acids is 2. The third-order valence-electron chi connectivity index (χ3n) is 3.91. The molecule has 0 saturated carbocycles. The van der Waals surface area contributed by atoms with Crippen LogP contribution in [0.5, 0.6) is 5.75 Å². The van der Waals surface area contributed by atoms with Crippen LogP contribution in [0.4, 0.5) is 0 Å². The average Bonchev–Trinajstić information content (AvgIpc) is 2.52. The number of ether oxygens (including phenoxy) is 1. The van der Waals surface area contributed by atoms with Crippen LogP contribution >= 0.6 is 0 Å². The zero-order valence-corrected chi connectivity index (χ0v) is 15.2. The van der Waals surface area contributed by atoms with E-state index >= 15 is 0 Å². The number of hydrogen-bond donors (Lipinski definition) is 1. The van der Waals surface area contributed by atoms with E-state index in [0.717, 1.165) is 10.9 Å². The molecule has 1 amide bonds. The van der Waals surface area contributed by atoms with Crippen LogP contribution in [0.1, 0.15) is 32.8 Å².